The van der Waals surface area contributed by atoms with Gasteiger partial charge >= 0.3 is 0 Å². The van der Waals surface area contributed by atoms with Crippen LogP contribution in [0.15, 0.2) is 121 Å². The molecule has 0 spiro atoms. The van der Waals surface area contributed by atoms with E-state index in [0.29, 0.717) is 0 Å². The molecule has 4 aromatic heterocycles. The van der Waals surface area contributed by atoms with Crippen molar-refractivity contribution in [3.8, 4) is 16.9 Å². The van der Waals surface area contributed by atoms with Gasteiger partial charge in [-0.15, -0.1) is 0 Å². The molecule has 4 heterocycles. The highest BCUT2D eigenvalue weighted by Gasteiger charge is 2.19. The second-order valence-electron chi connectivity index (χ2n) is 9.15. The number of para-hydroxylation sites is 2. The fourth-order valence-corrected chi connectivity index (χ4v) is 5.81. The minimum absolute atomic E-state index is 1.16. The highest BCUT2D eigenvalue weighted by molar-refractivity contribution is 6.20. The minimum Gasteiger partial charge on any atom is -0.353 e. The van der Waals surface area contributed by atoms with Crippen LogP contribution >= 0.6 is 0 Å². The largest absolute Gasteiger partial charge is 0.353 e. The van der Waals surface area contributed by atoms with Crippen LogP contribution in [0.1, 0.15) is 0 Å². The van der Waals surface area contributed by atoms with Crippen LogP contribution < -0.4 is 0 Å². The molecule has 0 saturated carbocycles. The summed E-state index contributed by atoms with van der Waals surface area (Å²) in [7, 11) is 0. The molecule has 3 nitrogen and oxygen atoms in total. The highest BCUT2D eigenvalue weighted by atomic mass is 15.0. The molecule has 8 rings (SSSR count). The van der Waals surface area contributed by atoms with Crippen molar-refractivity contribution in [1.82, 2.24) is 14.0 Å². The molecule has 3 heteroatoms. The van der Waals surface area contributed by atoms with Crippen molar-refractivity contribution in [2.45, 2.75) is 0 Å². The van der Waals surface area contributed by atoms with Gasteiger partial charge in [0.1, 0.15) is 0 Å². The van der Waals surface area contributed by atoms with Gasteiger partial charge in [0.05, 0.1) is 27.8 Å². The van der Waals surface area contributed by atoms with Crippen molar-refractivity contribution in [2.24, 2.45) is 0 Å². The Morgan fingerprint density at radius 3 is 1.97 bits per heavy atom. The summed E-state index contributed by atoms with van der Waals surface area (Å²) < 4.78 is 4.70. The van der Waals surface area contributed by atoms with Gasteiger partial charge in [-0.1, -0.05) is 72.8 Å². The number of pyridine rings is 1. The molecule has 0 aliphatic heterocycles. The van der Waals surface area contributed by atoms with Gasteiger partial charge in [0.15, 0.2) is 0 Å². The lowest BCUT2D eigenvalue weighted by Crippen LogP contribution is -1.93. The molecule has 35 heavy (non-hydrogen) atoms. The molecule has 0 atom stereocenters. The quantitative estimate of drug-likeness (QED) is 0.275. The van der Waals surface area contributed by atoms with E-state index < -0.39 is 0 Å². The summed E-state index contributed by atoms with van der Waals surface area (Å²) in [5.74, 6) is 0. The highest BCUT2D eigenvalue weighted by Crippen LogP contribution is 2.40. The first-order valence-corrected chi connectivity index (χ1v) is 12.0. The van der Waals surface area contributed by atoms with Crippen molar-refractivity contribution in [3.05, 3.63) is 121 Å². The summed E-state index contributed by atoms with van der Waals surface area (Å²) in [4.78, 5) is 3.75. The lowest BCUT2D eigenvalue weighted by Gasteiger charge is -2.08. The van der Waals surface area contributed by atoms with E-state index in [-0.39, 0.29) is 0 Å². The van der Waals surface area contributed by atoms with Crippen molar-refractivity contribution in [1.29, 1.82) is 0 Å². The smallest absolute Gasteiger partial charge is 0.0772 e. The average Bonchev–Trinajstić information content (AvgIpc) is 3.55. The van der Waals surface area contributed by atoms with Crippen molar-refractivity contribution >= 4 is 49.1 Å². The minimum atomic E-state index is 1.16. The number of nitrogens with zero attached hydrogens (tertiary/aromatic N) is 2. The number of benzene rings is 4. The molecule has 4 aromatic carbocycles. The topological polar surface area (TPSA) is 25.1 Å². The summed E-state index contributed by atoms with van der Waals surface area (Å²) in [5, 5.41) is 5.07. The van der Waals surface area contributed by atoms with E-state index in [1.54, 1.807) is 0 Å². The maximum Gasteiger partial charge on any atom is 0.0772 e. The van der Waals surface area contributed by atoms with Gasteiger partial charge in [-0.3, -0.25) is 0 Å². The molecule has 0 unspecified atom stereocenters. The third-order valence-electron chi connectivity index (χ3n) is 7.26. The predicted molar refractivity (Wildman–Crippen MR) is 147 cm³/mol. The molecule has 0 radical (unpaired) electrons. The second-order valence-corrected chi connectivity index (χ2v) is 9.15. The maximum absolute atomic E-state index is 3.75. The van der Waals surface area contributed by atoms with E-state index in [2.05, 4.69) is 135 Å². The Morgan fingerprint density at radius 2 is 1.20 bits per heavy atom. The molecule has 0 aliphatic carbocycles. The third kappa shape index (κ3) is 2.50. The molecule has 0 amide bonds. The summed E-state index contributed by atoms with van der Waals surface area (Å²) in [6, 6.07) is 41.2. The van der Waals surface area contributed by atoms with Crippen LogP contribution in [0.3, 0.4) is 0 Å². The Bertz CT molecular complexity index is 2000. The number of H-pyrrole nitrogens is 1. The van der Waals surface area contributed by atoms with Gasteiger partial charge < -0.3 is 14.0 Å². The first kappa shape index (κ1) is 18.6. The summed E-state index contributed by atoms with van der Waals surface area (Å²) in [5.41, 5.74) is 9.58. The second kappa shape index (κ2) is 6.87. The first-order valence-electron chi connectivity index (χ1n) is 12.0. The lowest BCUT2D eigenvalue weighted by atomic mass is 10.1. The van der Waals surface area contributed by atoms with Crippen LogP contribution in [0.25, 0.3) is 66.1 Å². The number of aromatic nitrogens is 3. The normalized spacial score (nSPS) is 12.0. The van der Waals surface area contributed by atoms with Gasteiger partial charge in [0, 0.05) is 44.5 Å². The lowest BCUT2D eigenvalue weighted by molar-refractivity contribution is 1.18. The standard InChI is InChI=1S/C32H21N3/c1-2-10-21(11-3-1)32-31-30(29-16-8-9-19-34(29)32)25-20-22(17-18-26(25)33-31)35-27-14-6-4-12-23(27)24-13-5-7-15-28(24)35/h1-20,33H. The fourth-order valence-electron chi connectivity index (χ4n) is 5.81. The molecule has 0 aliphatic rings. The Morgan fingerprint density at radius 1 is 0.543 bits per heavy atom. The van der Waals surface area contributed by atoms with E-state index in [9.17, 15) is 0 Å². The zero-order chi connectivity index (χ0) is 22.9. The Hall–Kier alpha value is -4.76. The van der Waals surface area contributed by atoms with Gasteiger partial charge in [0.2, 0.25) is 0 Å². The van der Waals surface area contributed by atoms with Crippen molar-refractivity contribution in [2.75, 3.05) is 0 Å². The van der Waals surface area contributed by atoms with E-state index in [0.717, 1.165) is 5.52 Å². The average molecular weight is 448 g/mol. The van der Waals surface area contributed by atoms with Crippen LogP contribution in [-0.2, 0) is 0 Å². The van der Waals surface area contributed by atoms with Crippen LogP contribution in [0.4, 0.5) is 0 Å². The van der Waals surface area contributed by atoms with Crippen molar-refractivity contribution in [3.63, 3.8) is 0 Å². The summed E-state index contributed by atoms with van der Waals surface area (Å²) in [6.45, 7) is 0. The number of aromatic amines is 1. The molecular formula is C32H21N3. The third-order valence-corrected chi connectivity index (χ3v) is 7.26. The number of fused-ring (bicyclic) bond motifs is 8. The SMILES string of the molecule is c1ccc(-c2c3[nH]c4ccc(-n5c6ccccc6c6ccccc65)cc4c3c3ccccn23)cc1. The Balaban J connectivity index is 1.49. The summed E-state index contributed by atoms with van der Waals surface area (Å²) in [6.07, 6.45) is 2.16. The molecule has 0 saturated heterocycles. The van der Waals surface area contributed by atoms with Crippen LogP contribution in [-0.4, -0.2) is 14.0 Å². The molecule has 0 fully saturated rings. The Kier molecular flexibility index (Phi) is 3.66. The van der Waals surface area contributed by atoms with E-state index in [1.165, 1.54) is 60.6 Å². The number of rotatable bonds is 2. The zero-order valence-electron chi connectivity index (χ0n) is 18.9. The summed E-state index contributed by atoms with van der Waals surface area (Å²) >= 11 is 0. The van der Waals surface area contributed by atoms with Gasteiger partial charge in [-0.25, -0.2) is 0 Å². The van der Waals surface area contributed by atoms with E-state index >= 15 is 0 Å². The molecule has 0 bridgehead atoms. The van der Waals surface area contributed by atoms with Gasteiger partial charge in [-0.05, 0) is 42.5 Å². The molecule has 8 aromatic rings. The zero-order valence-corrected chi connectivity index (χ0v) is 18.9. The number of nitrogens with one attached hydrogen (secondary N) is 1. The maximum atomic E-state index is 3.75. The number of hydrogen-bond acceptors (Lipinski definition) is 0. The monoisotopic (exact) mass is 447 g/mol. The molecular weight excluding hydrogens is 426 g/mol. The fraction of sp³-hybridized carbons (Fsp3) is 0. The number of hydrogen-bond donors (Lipinski definition) is 1. The molecule has 164 valence electrons. The van der Waals surface area contributed by atoms with Crippen LogP contribution in [0.2, 0.25) is 0 Å². The Labute approximate surface area is 201 Å². The van der Waals surface area contributed by atoms with Crippen LogP contribution in [0.5, 0.6) is 0 Å². The van der Waals surface area contributed by atoms with Gasteiger partial charge in [0.25, 0.3) is 0 Å². The van der Waals surface area contributed by atoms with E-state index in [4.69, 9.17) is 0 Å². The van der Waals surface area contributed by atoms with E-state index in [1.807, 2.05) is 0 Å². The van der Waals surface area contributed by atoms with Crippen molar-refractivity contribution < 1.29 is 0 Å². The van der Waals surface area contributed by atoms with Gasteiger partial charge in [-0.2, -0.15) is 0 Å². The molecule has 1 N–H and O–H groups in total. The first-order chi connectivity index (χ1) is 17.4. The van der Waals surface area contributed by atoms with Crippen LogP contribution in [0, 0.1) is 0 Å². The predicted octanol–water partition coefficient (Wildman–Crippen LogP) is 8.34.